The first-order valence-electron chi connectivity index (χ1n) is 11.4. The smallest absolute Gasteiger partial charge is 0.341 e. The average molecular weight is 539 g/mol. The van der Waals surface area contributed by atoms with E-state index in [2.05, 4.69) is 29.1 Å². The molecule has 8 nitrogen and oxygen atoms in total. The first kappa shape index (κ1) is 26.7. The topological polar surface area (TPSA) is 130 Å². The van der Waals surface area contributed by atoms with Gasteiger partial charge in [0, 0.05) is 53.3 Å². The minimum Gasteiger partial charge on any atom is -0.477 e. The number of nitrogen functional groups attached to an aromatic ring is 1. The molecule has 196 valence electrons. The zero-order valence-electron chi connectivity index (χ0n) is 20.4. The molecule has 0 radical (unpaired) electrons. The lowest BCUT2D eigenvalue weighted by Crippen LogP contribution is -2.36. The fraction of sp³-hybridized carbons (Fsp3) is 0.148. The van der Waals surface area contributed by atoms with Gasteiger partial charge in [0.05, 0.1) is 4.90 Å². The van der Waals surface area contributed by atoms with Crippen molar-refractivity contribution in [3.8, 4) is 22.6 Å². The predicted molar refractivity (Wildman–Crippen MR) is 143 cm³/mol. The van der Waals surface area contributed by atoms with Crippen molar-refractivity contribution in [1.29, 1.82) is 0 Å². The first-order chi connectivity index (χ1) is 18.0. The second-order valence-corrected chi connectivity index (χ2v) is 9.99. The van der Waals surface area contributed by atoms with Crippen molar-refractivity contribution in [3.05, 3.63) is 94.5 Å². The number of aromatic amines is 1. The van der Waals surface area contributed by atoms with Crippen LogP contribution in [-0.2, 0) is 0 Å². The molecule has 5 N–H and O–H groups in total. The van der Waals surface area contributed by atoms with Crippen molar-refractivity contribution >= 4 is 29.2 Å². The molecule has 0 unspecified atom stereocenters. The number of hydrogen-bond donors (Lipinski definition) is 4. The van der Waals surface area contributed by atoms with Crippen molar-refractivity contribution in [2.24, 2.45) is 0 Å². The summed E-state index contributed by atoms with van der Waals surface area (Å²) in [6, 6.07) is 11.4. The van der Waals surface area contributed by atoms with Crippen LogP contribution in [0.5, 0.6) is 11.5 Å². The lowest BCUT2D eigenvalue weighted by molar-refractivity contribution is 0.0695. The highest BCUT2D eigenvalue weighted by molar-refractivity contribution is 7.99. The second-order valence-electron chi connectivity index (χ2n) is 9.00. The number of aromatic carboxylic acids is 1. The number of hydrogen-bond acceptors (Lipinski definition) is 7. The molecule has 0 saturated heterocycles. The van der Waals surface area contributed by atoms with Gasteiger partial charge in [0.1, 0.15) is 22.9 Å². The number of rotatable bonds is 4. The summed E-state index contributed by atoms with van der Waals surface area (Å²) in [7, 11) is 0. The molecule has 0 aliphatic carbocycles. The van der Waals surface area contributed by atoms with Gasteiger partial charge in [-0.25, -0.2) is 18.6 Å². The lowest BCUT2D eigenvalue weighted by atomic mass is 10.1. The van der Waals surface area contributed by atoms with Gasteiger partial charge in [0.2, 0.25) is 5.43 Å². The third kappa shape index (κ3) is 6.12. The third-order valence-electron chi connectivity index (χ3n) is 5.41. The highest BCUT2D eigenvalue weighted by atomic mass is 32.2. The van der Waals surface area contributed by atoms with E-state index in [1.807, 2.05) is 0 Å². The molecule has 5 rings (SSSR count). The summed E-state index contributed by atoms with van der Waals surface area (Å²) in [6.07, 6.45) is 4.16. The van der Waals surface area contributed by atoms with E-state index >= 15 is 0 Å². The van der Waals surface area contributed by atoms with Crippen LogP contribution in [-0.4, -0.2) is 32.3 Å². The molecule has 0 fully saturated rings. The molecule has 11 heteroatoms. The van der Waals surface area contributed by atoms with Crippen molar-refractivity contribution in [1.82, 2.24) is 9.97 Å². The van der Waals surface area contributed by atoms with E-state index in [1.54, 1.807) is 30.1 Å². The van der Waals surface area contributed by atoms with E-state index in [4.69, 9.17) is 15.6 Å². The summed E-state index contributed by atoms with van der Waals surface area (Å²) in [4.78, 5) is 30.4. The highest BCUT2D eigenvalue weighted by Gasteiger charge is 2.28. The Bertz CT molecular complexity index is 1540. The molecule has 0 amide bonds. The molecule has 1 aliphatic rings. The van der Waals surface area contributed by atoms with Crippen LogP contribution in [0.15, 0.2) is 76.8 Å². The van der Waals surface area contributed by atoms with Gasteiger partial charge in [-0.3, -0.25) is 4.79 Å². The Hall–Kier alpha value is -4.38. The number of carboxylic acid groups (broad SMARTS) is 1. The molecule has 2 aromatic carbocycles. The maximum atomic E-state index is 13.8. The number of nitrogens with one attached hydrogen (secondary N) is 2. The minimum absolute atomic E-state index is 0.0320. The number of carbonyl (C=O) groups is 1. The number of ether oxygens (including phenoxy) is 1. The normalized spacial score (nSPS) is 13.4. The molecule has 2 aromatic heterocycles. The van der Waals surface area contributed by atoms with Gasteiger partial charge in [-0.05, 0) is 43.7 Å². The molecule has 0 bridgehead atoms. The Morgan fingerprint density at radius 3 is 2.53 bits per heavy atom. The van der Waals surface area contributed by atoms with Crippen LogP contribution in [0.1, 0.15) is 24.2 Å². The number of nitrogens with zero attached hydrogens (tertiary/aromatic N) is 1. The largest absolute Gasteiger partial charge is 0.477 e. The number of anilines is 2. The standard InChI is InChI=1S/C15H16FN3OS.C12H8FNO3/c1-15(2)8-21-13-12(5-6-18-14(13)19-15)20-11-4-3-9(17)7-10(11)16;13-8-3-1-7(2-4-8)9-5-14-6-10(11(9)15)12(16)17/h3-7H,8,17H2,1-2H3,(H,18,19);1-6H,(H,14,15)(H,16,17). The fourth-order valence-electron chi connectivity index (χ4n) is 3.55. The molecule has 3 heterocycles. The number of H-pyrrole nitrogens is 1. The van der Waals surface area contributed by atoms with E-state index in [0.29, 0.717) is 17.0 Å². The van der Waals surface area contributed by atoms with Crippen LogP contribution < -0.4 is 21.2 Å². The van der Waals surface area contributed by atoms with Crippen LogP contribution in [0.4, 0.5) is 20.3 Å². The second kappa shape index (κ2) is 10.9. The van der Waals surface area contributed by atoms with Crippen LogP contribution in [0.3, 0.4) is 0 Å². The summed E-state index contributed by atoms with van der Waals surface area (Å²) in [5.41, 5.74) is 5.61. The van der Waals surface area contributed by atoms with Crippen LogP contribution in [0, 0.1) is 11.6 Å². The minimum atomic E-state index is -1.30. The van der Waals surface area contributed by atoms with Crippen LogP contribution in [0.2, 0.25) is 0 Å². The number of benzene rings is 2. The first-order valence-corrected chi connectivity index (χ1v) is 12.4. The van der Waals surface area contributed by atoms with Gasteiger partial charge in [-0.15, -0.1) is 11.8 Å². The molecular weight excluding hydrogens is 514 g/mol. The molecule has 4 aromatic rings. The molecule has 0 saturated carbocycles. The predicted octanol–water partition coefficient (Wildman–Crippen LogP) is 5.77. The van der Waals surface area contributed by atoms with E-state index in [1.165, 1.54) is 42.6 Å². The Morgan fingerprint density at radius 2 is 1.84 bits per heavy atom. The van der Waals surface area contributed by atoms with E-state index in [0.717, 1.165) is 22.7 Å². The molecule has 1 aliphatic heterocycles. The third-order valence-corrected chi connectivity index (χ3v) is 6.96. The summed E-state index contributed by atoms with van der Waals surface area (Å²) in [6.45, 7) is 4.22. The zero-order valence-corrected chi connectivity index (χ0v) is 21.2. The Balaban J connectivity index is 0.000000181. The van der Waals surface area contributed by atoms with Gasteiger partial charge in [0.25, 0.3) is 0 Å². The number of nitrogens with two attached hydrogens (primary N) is 1. The van der Waals surface area contributed by atoms with Crippen molar-refractivity contribution < 1.29 is 23.4 Å². The van der Waals surface area contributed by atoms with Crippen molar-refractivity contribution in [2.75, 3.05) is 16.8 Å². The lowest BCUT2D eigenvalue weighted by Gasteiger charge is -2.32. The maximum Gasteiger partial charge on any atom is 0.341 e. The Morgan fingerprint density at radius 1 is 1.11 bits per heavy atom. The number of halogens is 2. The fourth-order valence-corrected chi connectivity index (χ4v) is 4.62. The Labute approximate surface area is 220 Å². The zero-order chi connectivity index (χ0) is 27.4. The summed E-state index contributed by atoms with van der Waals surface area (Å²) >= 11 is 1.65. The summed E-state index contributed by atoms with van der Waals surface area (Å²) in [5, 5.41) is 12.2. The van der Waals surface area contributed by atoms with Gasteiger partial charge in [-0.1, -0.05) is 12.1 Å². The molecular formula is C27H24F2N4O4S. The van der Waals surface area contributed by atoms with Crippen LogP contribution >= 0.6 is 11.8 Å². The highest BCUT2D eigenvalue weighted by Crippen LogP contribution is 2.43. The quantitative estimate of drug-likeness (QED) is 0.241. The SMILES string of the molecule is CC1(C)CSc2c(Oc3ccc(N)cc3F)ccnc2N1.O=C(O)c1c[nH]cc(-c2ccc(F)cc2)c1=O. The number of carboxylic acids is 1. The van der Waals surface area contributed by atoms with Crippen molar-refractivity contribution in [2.45, 2.75) is 24.3 Å². The monoisotopic (exact) mass is 538 g/mol. The van der Waals surface area contributed by atoms with Gasteiger partial charge in [0.15, 0.2) is 11.6 Å². The van der Waals surface area contributed by atoms with E-state index in [-0.39, 0.29) is 22.4 Å². The van der Waals surface area contributed by atoms with Gasteiger partial charge >= 0.3 is 5.97 Å². The summed E-state index contributed by atoms with van der Waals surface area (Å²) in [5.74, 6) is 0.209. The summed E-state index contributed by atoms with van der Waals surface area (Å²) < 4.78 is 32.3. The number of pyridine rings is 2. The van der Waals surface area contributed by atoms with Gasteiger partial charge < -0.3 is 25.9 Å². The Kier molecular flexibility index (Phi) is 7.67. The van der Waals surface area contributed by atoms with E-state index in [9.17, 15) is 18.4 Å². The molecule has 38 heavy (non-hydrogen) atoms. The van der Waals surface area contributed by atoms with E-state index < -0.39 is 23.0 Å². The molecule has 0 spiro atoms. The maximum absolute atomic E-state index is 13.8. The number of aromatic nitrogens is 2. The average Bonchev–Trinajstić information content (AvgIpc) is 2.86. The van der Waals surface area contributed by atoms with Crippen LogP contribution in [0.25, 0.3) is 11.1 Å². The number of fused-ring (bicyclic) bond motifs is 1. The van der Waals surface area contributed by atoms with Gasteiger partial charge in [-0.2, -0.15) is 0 Å². The van der Waals surface area contributed by atoms with Crippen molar-refractivity contribution in [3.63, 3.8) is 0 Å². The number of thioether (sulfide) groups is 1. The molecule has 0 atom stereocenters.